The maximum atomic E-state index is 12.2. The summed E-state index contributed by atoms with van der Waals surface area (Å²) < 4.78 is 5.36. The molecular weight excluding hydrogens is 284 g/mol. The van der Waals surface area contributed by atoms with Gasteiger partial charge in [-0.2, -0.15) is 0 Å². The highest BCUT2D eigenvalue weighted by Gasteiger charge is 2.50. The molecule has 1 amide bonds. The second-order valence-corrected chi connectivity index (χ2v) is 6.91. The van der Waals surface area contributed by atoms with Gasteiger partial charge in [0, 0.05) is 30.9 Å². The smallest absolute Gasteiger partial charge is 0.410 e. The Balaban J connectivity index is 2.28. The summed E-state index contributed by atoms with van der Waals surface area (Å²) in [6.45, 7) is 7.65. The Hall–Kier alpha value is -2.11. The topological polar surface area (TPSA) is 79.7 Å². The van der Waals surface area contributed by atoms with Crippen molar-refractivity contribution in [1.82, 2.24) is 9.88 Å². The molecule has 2 rings (SSSR count). The van der Waals surface area contributed by atoms with Crippen LogP contribution in [0.15, 0.2) is 24.5 Å². The number of hydrogen-bond donors (Lipinski definition) is 1. The molecule has 1 aliphatic heterocycles. The highest BCUT2D eigenvalue weighted by molar-refractivity contribution is 5.77. The Labute approximate surface area is 130 Å². The lowest BCUT2D eigenvalue weighted by Crippen LogP contribution is -2.38. The monoisotopic (exact) mass is 306 g/mol. The number of nitrogens with zero attached hydrogens (tertiary/aromatic N) is 2. The molecule has 1 aromatic rings. The Morgan fingerprint density at radius 2 is 2.14 bits per heavy atom. The van der Waals surface area contributed by atoms with Crippen molar-refractivity contribution in [2.75, 3.05) is 13.1 Å². The number of amides is 1. The molecule has 1 fully saturated rings. The van der Waals surface area contributed by atoms with E-state index in [4.69, 9.17) is 4.74 Å². The SMILES string of the molecule is CC(C)(C)OC(=O)N1CC(C(=O)O)C(C)(c2cccnc2)C1. The summed E-state index contributed by atoms with van der Waals surface area (Å²) in [5.41, 5.74) is -0.478. The Kier molecular flexibility index (Phi) is 4.13. The van der Waals surface area contributed by atoms with E-state index in [9.17, 15) is 14.7 Å². The minimum absolute atomic E-state index is 0.135. The molecule has 0 aliphatic carbocycles. The largest absolute Gasteiger partial charge is 0.481 e. The van der Waals surface area contributed by atoms with E-state index in [0.717, 1.165) is 5.56 Å². The fourth-order valence-corrected chi connectivity index (χ4v) is 2.80. The van der Waals surface area contributed by atoms with Crippen molar-refractivity contribution in [1.29, 1.82) is 0 Å². The standard InChI is InChI=1S/C16H22N2O4/c1-15(2,3)22-14(21)18-9-12(13(19)20)16(4,10-18)11-6-5-7-17-8-11/h5-8,12H,9-10H2,1-4H3,(H,19,20). The molecule has 22 heavy (non-hydrogen) atoms. The first-order chi connectivity index (χ1) is 10.1. The van der Waals surface area contributed by atoms with Crippen LogP contribution in [0.3, 0.4) is 0 Å². The number of likely N-dealkylation sites (tertiary alicyclic amines) is 1. The van der Waals surface area contributed by atoms with Gasteiger partial charge in [-0.1, -0.05) is 13.0 Å². The molecule has 6 heteroatoms. The van der Waals surface area contributed by atoms with Crippen LogP contribution < -0.4 is 0 Å². The number of hydrogen-bond acceptors (Lipinski definition) is 4. The van der Waals surface area contributed by atoms with E-state index in [0.29, 0.717) is 6.54 Å². The molecule has 2 atom stereocenters. The first kappa shape index (κ1) is 16.3. The van der Waals surface area contributed by atoms with Gasteiger partial charge in [0.15, 0.2) is 0 Å². The van der Waals surface area contributed by atoms with Crippen LogP contribution >= 0.6 is 0 Å². The van der Waals surface area contributed by atoms with Crippen LogP contribution in [0.1, 0.15) is 33.3 Å². The van der Waals surface area contributed by atoms with Crippen LogP contribution in [0, 0.1) is 5.92 Å². The lowest BCUT2D eigenvalue weighted by atomic mass is 9.75. The number of rotatable bonds is 2. The molecule has 2 heterocycles. The zero-order valence-electron chi connectivity index (χ0n) is 13.4. The van der Waals surface area contributed by atoms with Crippen LogP contribution in [0.25, 0.3) is 0 Å². The van der Waals surface area contributed by atoms with E-state index < -0.39 is 29.0 Å². The first-order valence-electron chi connectivity index (χ1n) is 7.25. The Morgan fingerprint density at radius 1 is 1.45 bits per heavy atom. The summed E-state index contributed by atoms with van der Waals surface area (Å²) in [7, 11) is 0. The lowest BCUT2D eigenvalue weighted by molar-refractivity contribution is -0.142. The van der Waals surface area contributed by atoms with Crippen LogP contribution in [0.5, 0.6) is 0 Å². The summed E-state index contributed by atoms with van der Waals surface area (Å²) in [6.07, 6.45) is 2.82. The summed E-state index contributed by atoms with van der Waals surface area (Å²) in [5.74, 6) is -1.61. The van der Waals surface area contributed by atoms with Gasteiger partial charge in [-0.25, -0.2) is 4.79 Å². The third-order valence-electron chi connectivity index (χ3n) is 3.96. The molecule has 0 aromatic carbocycles. The maximum absolute atomic E-state index is 12.2. The predicted octanol–water partition coefficient (Wildman–Crippen LogP) is 2.29. The van der Waals surface area contributed by atoms with Gasteiger partial charge in [-0.3, -0.25) is 9.78 Å². The normalized spacial score (nSPS) is 25.1. The average molecular weight is 306 g/mol. The van der Waals surface area contributed by atoms with Gasteiger partial charge >= 0.3 is 12.1 Å². The van der Waals surface area contributed by atoms with Crippen LogP contribution in [0.4, 0.5) is 4.79 Å². The number of carboxylic acids is 1. The van der Waals surface area contributed by atoms with Crippen molar-refractivity contribution in [2.45, 2.75) is 38.7 Å². The summed E-state index contributed by atoms with van der Waals surface area (Å²) in [4.78, 5) is 29.4. The molecule has 120 valence electrons. The van der Waals surface area contributed by atoms with Crippen molar-refractivity contribution in [2.24, 2.45) is 5.92 Å². The third-order valence-corrected chi connectivity index (χ3v) is 3.96. The number of aliphatic carboxylic acids is 1. The van der Waals surface area contributed by atoms with E-state index >= 15 is 0 Å². The van der Waals surface area contributed by atoms with Crippen LogP contribution in [-0.4, -0.2) is 45.7 Å². The molecule has 0 radical (unpaired) electrons. The van der Waals surface area contributed by atoms with Gasteiger partial charge in [0.25, 0.3) is 0 Å². The average Bonchev–Trinajstić information content (AvgIpc) is 2.78. The van der Waals surface area contributed by atoms with Gasteiger partial charge in [0.2, 0.25) is 0 Å². The van der Waals surface area contributed by atoms with Crippen molar-refractivity contribution in [3.8, 4) is 0 Å². The minimum atomic E-state index is -0.919. The molecule has 0 spiro atoms. The van der Waals surface area contributed by atoms with E-state index in [1.165, 1.54) is 4.90 Å². The molecule has 0 bridgehead atoms. The number of carboxylic acid groups (broad SMARTS) is 1. The van der Waals surface area contributed by atoms with E-state index in [1.54, 1.807) is 39.2 Å². The van der Waals surface area contributed by atoms with E-state index in [1.807, 2.05) is 13.0 Å². The number of ether oxygens (including phenoxy) is 1. The fourth-order valence-electron chi connectivity index (χ4n) is 2.80. The fraction of sp³-hybridized carbons (Fsp3) is 0.562. The minimum Gasteiger partial charge on any atom is -0.481 e. The van der Waals surface area contributed by atoms with Crippen molar-refractivity contribution in [3.05, 3.63) is 30.1 Å². The van der Waals surface area contributed by atoms with Gasteiger partial charge in [-0.05, 0) is 32.4 Å². The molecule has 0 saturated carbocycles. The molecule has 1 aliphatic rings. The number of carbonyl (C=O) groups is 2. The first-order valence-corrected chi connectivity index (χ1v) is 7.25. The lowest BCUT2D eigenvalue weighted by Gasteiger charge is -2.28. The van der Waals surface area contributed by atoms with Crippen molar-refractivity contribution < 1.29 is 19.4 Å². The maximum Gasteiger partial charge on any atom is 0.410 e. The highest BCUT2D eigenvalue weighted by Crippen LogP contribution is 2.39. The van der Waals surface area contributed by atoms with Crippen molar-refractivity contribution in [3.63, 3.8) is 0 Å². The molecule has 1 aromatic heterocycles. The van der Waals surface area contributed by atoms with Crippen LogP contribution in [0.2, 0.25) is 0 Å². The number of carbonyl (C=O) groups excluding carboxylic acids is 1. The quantitative estimate of drug-likeness (QED) is 0.907. The summed E-state index contributed by atoms with van der Waals surface area (Å²) in [5, 5.41) is 9.54. The molecule has 2 unspecified atom stereocenters. The van der Waals surface area contributed by atoms with Crippen LogP contribution in [-0.2, 0) is 14.9 Å². The van der Waals surface area contributed by atoms with E-state index in [-0.39, 0.29) is 6.54 Å². The van der Waals surface area contributed by atoms with Gasteiger partial charge in [-0.15, -0.1) is 0 Å². The zero-order valence-corrected chi connectivity index (χ0v) is 13.4. The molecule has 6 nitrogen and oxygen atoms in total. The second-order valence-electron chi connectivity index (χ2n) is 6.91. The summed E-state index contributed by atoms with van der Waals surface area (Å²) >= 11 is 0. The Morgan fingerprint density at radius 3 is 2.64 bits per heavy atom. The zero-order chi connectivity index (χ0) is 16.5. The number of pyridine rings is 1. The Bertz CT molecular complexity index is 567. The van der Waals surface area contributed by atoms with Gasteiger partial charge in [0.1, 0.15) is 5.60 Å². The molecule has 1 saturated heterocycles. The van der Waals surface area contributed by atoms with E-state index in [2.05, 4.69) is 4.98 Å². The number of aromatic nitrogens is 1. The molecular formula is C16H22N2O4. The summed E-state index contributed by atoms with van der Waals surface area (Å²) in [6, 6.07) is 3.62. The van der Waals surface area contributed by atoms with Gasteiger partial charge in [0.05, 0.1) is 5.92 Å². The van der Waals surface area contributed by atoms with Crippen molar-refractivity contribution >= 4 is 12.1 Å². The van der Waals surface area contributed by atoms with Gasteiger partial charge < -0.3 is 14.7 Å². The third kappa shape index (κ3) is 3.21. The molecule has 1 N–H and O–H groups in total. The highest BCUT2D eigenvalue weighted by atomic mass is 16.6. The predicted molar refractivity (Wildman–Crippen MR) is 80.5 cm³/mol. The second kappa shape index (κ2) is 5.59.